The van der Waals surface area contributed by atoms with Crippen LogP contribution in [0.1, 0.15) is 26.7 Å². The van der Waals surface area contributed by atoms with Gasteiger partial charge in [-0.15, -0.1) is 0 Å². The summed E-state index contributed by atoms with van der Waals surface area (Å²) < 4.78 is 18.4. The summed E-state index contributed by atoms with van der Waals surface area (Å²) in [5, 5.41) is 0. The van der Waals surface area contributed by atoms with Crippen molar-refractivity contribution in [1.29, 1.82) is 0 Å². The lowest BCUT2D eigenvalue weighted by Crippen LogP contribution is -2.11. The second-order valence-electron chi connectivity index (χ2n) is 3.29. The number of halogens is 1. The normalized spacial score (nSPS) is 10.6. The summed E-state index contributed by atoms with van der Waals surface area (Å²) in [7, 11) is 0. The third kappa shape index (κ3) is 2.98. The van der Waals surface area contributed by atoms with Gasteiger partial charge in [0, 0.05) is 6.20 Å². The second-order valence-corrected chi connectivity index (χ2v) is 3.29. The van der Waals surface area contributed by atoms with Gasteiger partial charge in [-0.05, 0) is 18.1 Å². The lowest BCUT2D eigenvalue weighted by atomic mass is 10.1. The molecule has 0 aliphatic heterocycles. The first-order chi connectivity index (χ1) is 6.77. The maximum atomic E-state index is 13.0. The van der Waals surface area contributed by atoms with Crippen molar-refractivity contribution < 1.29 is 9.13 Å². The summed E-state index contributed by atoms with van der Waals surface area (Å²) in [6.45, 7) is 4.78. The van der Waals surface area contributed by atoms with Crippen molar-refractivity contribution in [2.24, 2.45) is 5.92 Å². The largest absolute Gasteiger partial charge is 0.489 e. The maximum absolute atomic E-state index is 13.0. The predicted octanol–water partition coefficient (Wildman–Crippen LogP) is 3.04. The summed E-state index contributed by atoms with van der Waals surface area (Å²) in [5.74, 6) is 0.215. The first-order valence-corrected chi connectivity index (χ1v) is 5.01. The van der Waals surface area contributed by atoms with Crippen LogP contribution in [0.15, 0.2) is 18.3 Å². The molecule has 3 heteroatoms. The smallest absolute Gasteiger partial charge is 0.255 e. The van der Waals surface area contributed by atoms with Gasteiger partial charge in [0.25, 0.3) is 5.95 Å². The Morgan fingerprint density at radius 2 is 2.14 bits per heavy atom. The molecule has 1 aromatic rings. The Hall–Kier alpha value is -1.12. The molecule has 0 N–H and O–H groups in total. The third-order valence-electron chi connectivity index (χ3n) is 2.35. The number of ether oxygens (including phenoxy) is 1. The van der Waals surface area contributed by atoms with Crippen molar-refractivity contribution >= 4 is 0 Å². The lowest BCUT2D eigenvalue weighted by Gasteiger charge is -2.13. The van der Waals surface area contributed by atoms with E-state index in [2.05, 4.69) is 18.8 Å². The van der Waals surface area contributed by atoms with Crippen LogP contribution in [0.4, 0.5) is 4.39 Å². The third-order valence-corrected chi connectivity index (χ3v) is 2.35. The van der Waals surface area contributed by atoms with Gasteiger partial charge in [0.15, 0.2) is 5.75 Å². The number of aromatic nitrogens is 1. The number of hydrogen-bond acceptors (Lipinski definition) is 2. The fourth-order valence-electron chi connectivity index (χ4n) is 1.21. The first kappa shape index (κ1) is 11.0. The van der Waals surface area contributed by atoms with Gasteiger partial charge >= 0.3 is 0 Å². The van der Waals surface area contributed by atoms with Crippen LogP contribution in [0.25, 0.3) is 0 Å². The minimum atomic E-state index is -0.529. The van der Waals surface area contributed by atoms with Crippen LogP contribution in [0.5, 0.6) is 5.75 Å². The summed E-state index contributed by atoms with van der Waals surface area (Å²) in [5.41, 5.74) is 0. The van der Waals surface area contributed by atoms with E-state index < -0.39 is 5.95 Å². The predicted molar refractivity (Wildman–Crippen MR) is 53.8 cm³/mol. The minimum absolute atomic E-state index is 0.249. The van der Waals surface area contributed by atoms with Crippen LogP contribution in [-0.2, 0) is 0 Å². The topological polar surface area (TPSA) is 22.1 Å². The van der Waals surface area contributed by atoms with Gasteiger partial charge in [-0.3, -0.25) is 0 Å². The highest BCUT2D eigenvalue weighted by Crippen LogP contribution is 2.16. The van der Waals surface area contributed by atoms with Gasteiger partial charge < -0.3 is 4.74 Å². The zero-order chi connectivity index (χ0) is 10.4. The molecule has 1 aromatic heterocycles. The molecular formula is C11H16FNO. The van der Waals surface area contributed by atoms with Crippen LogP contribution in [0.3, 0.4) is 0 Å². The molecule has 0 unspecified atom stereocenters. The van der Waals surface area contributed by atoms with Crippen molar-refractivity contribution in [2.75, 3.05) is 6.61 Å². The molecule has 0 bridgehead atoms. The minimum Gasteiger partial charge on any atom is -0.489 e. The summed E-state index contributed by atoms with van der Waals surface area (Å²) in [4.78, 5) is 3.52. The van der Waals surface area contributed by atoms with E-state index in [1.807, 2.05) is 0 Å². The Kier molecular flexibility index (Phi) is 4.36. The molecule has 0 aromatic carbocycles. The van der Waals surface area contributed by atoms with Crippen molar-refractivity contribution in [3.63, 3.8) is 0 Å². The Balaban J connectivity index is 2.49. The van der Waals surface area contributed by atoms with Gasteiger partial charge in [0.05, 0.1) is 6.61 Å². The van der Waals surface area contributed by atoms with E-state index in [-0.39, 0.29) is 5.75 Å². The zero-order valence-electron chi connectivity index (χ0n) is 8.66. The Labute approximate surface area is 84.1 Å². The lowest BCUT2D eigenvalue weighted by molar-refractivity contribution is 0.229. The average molecular weight is 197 g/mol. The maximum Gasteiger partial charge on any atom is 0.255 e. The van der Waals surface area contributed by atoms with Gasteiger partial charge in [-0.1, -0.05) is 26.7 Å². The molecule has 1 rings (SSSR count). The van der Waals surface area contributed by atoms with E-state index in [0.717, 1.165) is 12.8 Å². The summed E-state index contributed by atoms with van der Waals surface area (Å²) in [6, 6.07) is 3.27. The van der Waals surface area contributed by atoms with E-state index >= 15 is 0 Å². The molecule has 0 atom stereocenters. The molecule has 0 radical (unpaired) electrons. The molecular weight excluding hydrogens is 181 g/mol. The number of hydrogen-bond donors (Lipinski definition) is 0. The van der Waals surface area contributed by atoms with Crippen molar-refractivity contribution in [3.05, 3.63) is 24.3 Å². The molecule has 0 saturated carbocycles. The zero-order valence-corrected chi connectivity index (χ0v) is 8.66. The highest BCUT2D eigenvalue weighted by molar-refractivity contribution is 5.17. The molecule has 0 fully saturated rings. The number of pyridine rings is 1. The molecule has 14 heavy (non-hydrogen) atoms. The molecule has 1 heterocycles. The van der Waals surface area contributed by atoms with Gasteiger partial charge in [-0.2, -0.15) is 4.39 Å². The standard InChI is InChI=1S/C11H16FNO/c1-3-9(4-2)8-14-10-6-5-7-13-11(10)12/h5-7,9H,3-4,8H2,1-2H3. The highest BCUT2D eigenvalue weighted by atomic mass is 19.1. The number of nitrogens with zero attached hydrogens (tertiary/aromatic N) is 1. The van der Waals surface area contributed by atoms with E-state index in [0.29, 0.717) is 12.5 Å². The average Bonchev–Trinajstić information content (AvgIpc) is 2.22. The molecule has 0 spiro atoms. The Morgan fingerprint density at radius 3 is 2.71 bits per heavy atom. The SMILES string of the molecule is CCC(CC)COc1cccnc1F. The summed E-state index contributed by atoms with van der Waals surface area (Å²) >= 11 is 0. The first-order valence-electron chi connectivity index (χ1n) is 5.01. The second kappa shape index (κ2) is 5.58. The van der Waals surface area contributed by atoms with E-state index in [1.165, 1.54) is 6.20 Å². The van der Waals surface area contributed by atoms with Crippen LogP contribution in [0, 0.1) is 11.9 Å². The van der Waals surface area contributed by atoms with Crippen LogP contribution < -0.4 is 4.74 Å². The van der Waals surface area contributed by atoms with Gasteiger partial charge in [0.2, 0.25) is 0 Å². The molecule has 0 saturated heterocycles. The fourth-order valence-corrected chi connectivity index (χ4v) is 1.21. The van der Waals surface area contributed by atoms with Crippen LogP contribution in [0.2, 0.25) is 0 Å². The molecule has 0 aliphatic rings. The highest BCUT2D eigenvalue weighted by Gasteiger charge is 2.07. The fraction of sp³-hybridized carbons (Fsp3) is 0.545. The van der Waals surface area contributed by atoms with Gasteiger partial charge in [0.1, 0.15) is 0 Å². The van der Waals surface area contributed by atoms with Crippen LogP contribution in [-0.4, -0.2) is 11.6 Å². The van der Waals surface area contributed by atoms with Crippen LogP contribution >= 0.6 is 0 Å². The molecule has 78 valence electrons. The van der Waals surface area contributed by atoms with E-state index in [4.69, 9.17) is 4.74 Å². The molecule has 2 nitrogen and oxygen atoms in total. The monoisotopic (exact) mass is 197 g/mol. The van der Waals surface area contributed by atoms with Gasteiger partial charge in [-0.25, -0.2) is 4.98 Å². The molecule has 0 aliphatic carbocycles. The van der Waals surface area contributed by atoms with E-state index in [9.17, 15) is 4.39 Å². The Morgan fingerprint density at radius 1 is 1.43 bits per heavy atom. The number of rotatable bonds is 5. The Bertz CT molecular complexity index is 274. The van der Waals surface area contributed by atoms with Crippen molar-refractivity contribution in [3.8, 4) is 5.75 Å². The quantitative estimate of drug-likeness (QED) is 0.677. The van der Waals surface area contributed by atoms with Crippen molar-refractivity contribution in [2.45, 2.75) is 26.7 Å². The van der Waals surface area contributed by atoms with Crippen molar-refractivity contribution in [1.82, 2.24) is 4.98 Å². The summed E-state index contributed by atoms with van der Waals surface area (Å²) in [6.07, 6.45) is 3.52. The molecule has 0 amide bonds. The van der Waals surface area contributed by atoms with E-state index in [1.54, 1.807) is 12.1 Å².